The lowest BCUT2D eigenvalue weighted by Gasteiger charge is -2.27. The molecule has 2 bridgehead atoms. The summed E-state index contributed by atoms with van der Waals surface area (Å²) in [5, 5.41) is 0. The van der Waals surface area contributed by atoms with Crippen LogP contribution >= 0.6 is 15.6 Å². The van der Waals surface area contributed by atoms with E-state index in [1.165, 1.54) is 0 Å². The Labute approximate surface area is 86.5 Å². The molecule has 3 saturated heterocycles. The van der Waals surface area contributed by atoms with E-state index in [-0.39, 0.29) is 13.2 Å². The third-order valence-electron chi connectivity index (χ3n) is 1.64. The zero-order valence-corrected chi connectivity index (χ0v) is 9.52. The average Bonchev–Trinajstić information content (AvgIpc) is 2.30. The van der Waals surface area contributed by atoms with Crippen LogP contribution in [0.15, 0.2) is 12.7 Å². The Morgan fingerprint density at radius 2 is 2.13 bits per heavy atom. The highest BCUT2D eigenvalue weighted by molar-refractivity contribution is 7.75. The first kappa shape index (κ1) is 11.5. The second-order valence-corrected chi connectivity index (χ2v) is 6.47. The van der Waals surface area contributed by atoms with Crippen LogP contribution in [0, 0.1) is 0 Å². The summed E-state index contributed by atoms with van der Waals surface area (Å²) in [6.45, 7) is 3.90. The summed E-state index contributed by atoms with van der Waals surface area (Å²) < 4.78 is 46.3. The van der Waals surface area contributed by atoms with Gasteiger partial charge in [-0.1, -0.05) is 6.08 Å². The minimum atomic E-state index is -3.65. The molecule has 7 nitrogen and oxygen atoms in total. The predicted octanol–water partition coefficient (Wildman–Crippen LogP) is 1.87. The Bertz CT molecular complexity index is 339. The molecule has 9 heteroatoms. The summed E-state index contributed by atoms with van der Waals surface area (Å²) in [5.74, 6) is 0. The molecule has 0 aromatic carbocycles. The lowest BCUT2D eigenvalue weighted by atomic mass is 10.4. The van der Waals surface area contributed by atoms with Crippen LogP contribution < -0.4 is 0 Å². The van der Waals surface area contributed by atoms with Gasteiger partial charge >= 0.3 is 15.6 Å². The minimum Gasteiger partial charge on any atom is -0.375 e. The monoisotopic (exact) mass is 256 g/mol. The van der Waals surface area contributed by atoms with Crippen molar-refractivity contribution in [3.8, 4) is 0 Å². The highest BCUT2D eigenvalue weighted by Crippen LogP contribution is 2.84. The SMILES string of the molecule is C=CCOCC1COP2(=O)OP(=O)(O1)O2. The molecule has 0 saturated carbocycles. The van der Waals surface area contributed by atoms with E-state index in [1.54, 1.807) is 6.08 Å². The van der Waals surface area contributed by atoms with Gasteiger partial charge in [0.1, 0.15) is 6.10 Å². The minimum absolute atomic E-state index is 0.0432. The number of ether oxygens (including phenoxy) is 1. The largest absolute Gasteiger partial charge is 0.493 e. The van der Waals surface area contributed by atoms with Crippen molar-refractivity contribution in [3.05, 3.63) is 12.7 Å². The van der Waals surface area contributed by atoms with Gasteiger partial charge in [-0.15, -0.1) is 6.58 Å². The second-order valence-electron chi connectivity index (χ2n) is 2.91. The molecular weight excluding hydrogens is 246 g/mol. The maximum absolute atomic E-state index is 11.4. The summed E-state index contributed by atoms with van der Waals surface area (Å²) >= 11 is 0. The van der Waals surface area contributed by atoms with Crippen molar-refractivity contribution in [1.29, 1.82) is 0 Å². The lowest BCUT2D eigenvalue weighted by molar-refractivity contribution is 0.0400. The van der Waals surface area contributed by atoms with Crippen LogP contribution in [0.3, 0.4) is 0 Å². The maximum atomic E-state index is 11.4. The van der Waals surface area contributed by atoms with Gasteiger partial charge in [-0.2, -0.15) is 8.62 Å². The smallest absolute Gasteiger partial charge is 0.375 e. The van der Waals surface area contributed by atoms with E-state index < -0.39 is 21.7 Å². The summed E-state index contributed by atoms with van der Waals surface area (Å²) in [4.78, 5) is 0. The molecule has 1 unspecified atom stereocenters. The van der Waals surface area contributed by atoms with Crippen LogP contribution in [-0.4, -0.2) is 25.9 Å². The Balaban J connectivity index is 1.90. The van der Waals surface area contributed by atoms with Gasteiger partial charge in [0, 0.05) is 0 Å². The molecule has 0 aromatic rings. The molecule has 3 fully saturated rings. The Hall–Kier alpha value is 0.0000000000000000139. The van der Waals surface area contributed by atoms with Crippen molar-refractivity contribution in [2.45, 2.75) is 6.10 Å². The van der Waals surface area contributed by atoms with Crippen LogP contribution in [0.1, 0.15) is 0 Å². The molecule has 0 aromatic heterocycles. The molecular formula is C6H10O7P2. The molecule has 0 aliphatic carbocycles. The predicted molar refractivity (Wildman–Crippen MR) is 49.2 cm³/mol. The van der Waals surface area contributed by atoms with Gasteiger partial charge < -0.3 is 4.74 Å². The Morgan fingerprint density at radius 3 is 2.80 bits per heavy atom. The number of rotatable bonds is 4. The van der Waals surface area contributed by atoms with Gasteiger partial charge in [0.05, 0.1) is 19.8 Å². The second kappa shape index (κ2) is 4.11. The van der Waals surface area contributed by atoms with Crippen molar-refractivity contribution in [1.82, 2.24) is 0 Å². The van der Waals surface area contributed by atoms with Crippen molar-refractivity contribution in [2.75, 3.05) is 19.8 Å². The summed E-state index contributed by atoms with van der Waals surface area (Å²) in [5.41, 5.74) is 0. The maximum Gasteiger partial charge on any atom is 0.493 e. The highest BCUT2D eigenvalue weighted by atomic mass is 31.3. The average molecular weight is 256 g/mol. The van der Waals surface area contributed by atoms with Gasteiger partial charge in [-0.05, 0) is 0 Å². The molecule has 0 amide bonds. The fourth-order valence-electron chi connectivity index (χ4n) is 1.09. The van der Waals surface area contributed by atoms with Crippen LogP contribution in [-0.2, 0) is 31.5 Å². The Kier molecular flexibility index (Phi) is 3.14. The molecule has 15 heavy (non-hydrogen) atoms. The molecule has 3 aliphatic rings. The fraction of sp³-hybridized carbons (Fsp3) is 0.667. The van der Waals surface area contributed by atoms with Gasteiger partial charge in [-0.3, -0.25) is 9.05 Å². The number of hydrogen-bond donors (Lipinski definition) is 0. The van der Waals surface area contributed by atoms with Crippen LogP contribution in [0.2, 0.25) is 0 Å². The summed E-state index contributed by atoms with van der Waals surface area (Å²) in [6, 6.07) is 0. The zero-order chi connectivity index (χ0) is 10.9. The molecule has 0 radical (unpaired) electrons. The molecule has 3 aliphatic heterocycles. The van der Waals surface area contributed by atoms with E-state index in [0.29, 0.717) is 6.61 Å². The standard InChI is InChI=1S/C6H10O7P2/c1-2-3-9-4-6-5-10-14(7)12-15(8,11-6)13-14/h2,6H,1,3-5H2. The van der Waals surface area contributed by atoms with E-state index in [1.807, 2.05) is 0 Å². The van der Waals surface area contributed by atoms with E-state index in [4.69, 9.17) is 13.8 Å². The van der Waals surface area contributed by atoms with Gasteiger partial charge in [0.25, 0.3) is 0 Å². The molecule has 0 N–H and O–H groups in total. The molecule has 0 spiro atoms. The van der Waals surface area contributed by atoms with E-state index >= 15 is 0 Å². The molecule has 86 valence electrons. The van der Waals surface area contributed by atoms with Crippen molar-refractivity contribution < 1.29 is 31.5 Å². The van der Waals surface area contributed by atoms with Gasteiger partial charge in [-0.25, -0.2) is 9.13 Å². The quantitative estimate of drug-likeness (QED) is 0.431. The number of phosphoric acid groups is 2. The van der Waals surface area contributed by atoms with Crippen molar-refractivity contribution >= 4 is 15.6 Å². The zero-order valence-electron chi connectivity index (χ0n) is 7.74. The van der Waals surface area contributed by atoms with Gasteiger partial charge in [0.2, 0.25) is 0 Å². The van der Waals surface area contributed by atoms with Crippen molar-refractivity contribution in [3.63, 3.8) is 0 Å². The number of hydrogen-bond acceptors (Lipinski definition) is 7. The van der Waals surface area contributed by atoms with Crippen molar-refractivity contribution in [2.24, 2.45) is 0 Å². The van der Waals surface area contributed by atoms with E-state index in [2.05, 4.69) is 15.2 Å². The third kappa shape index (κ3) is 2.57. The first-order chi connectivity index (χ1) is 7.05. The normalized spacial score (nSPS) is 44.1. The summed E-state index contributed by atoms with van der Waals surface area (Å²) in [7, 11) is -7.24. The molecule has 1 atom stereocenters. The van der Waals surface area contributed by atoms with Gasteiger partial charge in [0.15, 0.2) is 0 Å². The van der Waals surface area contributed by atoms with Crippen LogP contribution in [0.4, 0.5) is 0 Å². The molecule has 3 heterocycles. The third-order valence-corrected chi connectivity index (χ3v) is 5.86. The Morgan fingerprint density at radius 1 is 1.40 bits per heavy atom. The summed E-state index contributed by atoms with van der Waals surface area (Å²) in [6.07, 6.45) is 0.948. The number of fused-ring (bicyclic) bond motifs is 3. The lowest BCUT2D eigenvalue weighted by Crippen LogP contribution is -2.21. The fourth-order valence-corrected chi connectivity index (χ4v) is 4.61. The van der Waals surface area contributed by atoms with Crippen LogP contribution in [0.5, 0.6) is 0 Å². The van der Waals surface area contributed by atoms with E-state index in [9.17, 15) is 9.13 Å². The first-order valence-corrected chi connectivity index (χ1v) is 7.12. The molecule has 3 rings (SSSR count). The highest BCUT2D eigenvalue weighted by Gasteiger charge is 2.60. The first-order valence-electron chi connectivity index (χ1n) is 4.20. The van der Waals surface area contributed by atoms with Crippen LogP contribution in [0.25, 0.3) is 0 Å². The topological polar surface area (TPSA) is 80.3 Å². The van der Waals surface area contributed by atoms with E-state index in [0.717, 1.165) is 0 Å².